The first kappa shape index (κ1) is 16.7. The molecule has 0 atom stereocenters. The minimum atomic E-state index is -3.66. The maximum atomic E-state index is 12.6. The van der Waals surface area contributed by atoms with Crippen molar-refractivity contribution in [3.05, 3.63) is 57.2 Å². The summed E-state index contributed by atoms with van der Waals surface area (Å²) in [6, 6.07) is 10.2. The van der Waals surface area contributed by atoms with Crippen LogP contribution < -0.4 is 9.60 Å². The summed E-state index contributed by atoms with van der Waals surface area (Å²) in [5, 5.41) is 0. The van der Waals surface area contributed by atoms with Crippen LogP contribution in [0.3, 0.4) is 0 Å². The summed E-state index contributed by atoms with van der Waals surface area (Å²) in [4.78, 5) is 12.1. The van der Waals surface area contributed by atoms with Gasteiger partial charge in [-0.1, -0.05) is 17.4 Å². The normalized spacial score (nSPS) is 11.8. The third kappa shape index (κ3) is 2.97. The topological polar surface area (TPSA) is 68.2 Å². The van der Waals surface area contributed by atoms with Gasteiger partial charge in [-0.2, -0.15) is 0 Å². The largest absolute Gasteiger partial charge is 0.308 e. The Morgan fingerprint density at radius 1 is 1.08 bits per heavy atom. The van der Waals surface area contributed by atoms with E-state index in [-0.39, 0.29) is 9.77 Å². The first-order valence-electron chi connectivity index (χ1n) is 7.55. The average molecular weight is 362 g/mol. The first-order valence-corrected chi connectivity index (χ1v) is 9.85. The SMILES string of the molecule is CCn1c(=O)sc2cc(NS(=O)(=O)c3ccc(C)c(C)c3)ccc21. The van der Waals surface area contributed by atoms with Crippen LogP contribution in [0, 0.1) is 13.8 Å². The molecular weight excluding hydrogens is 344 g/mol. The van der Waals surface area contributed by atoms with Crippen LogP contribution in [0.15, 0.2) is 46.1 Å². The fourth-order valence-electron chi connectivity index (χ4n) is 2.52. The Bertz CT molecular complexity index is 1080. The van der Waals surface area contributed by atoms with E-state index in [2.05, 4.69) is 4.72 Å². The van der Waals surface area contributed by atoms with Crippen molar-refractivity contribution in [2.75, 3.05) is 4.72 Å². The number of rotatable bonds is 4. The molecule has 24 heavy (non-hydrogen) atoms. The lowest BCUT2D eigenvalue weighted by Gasteiger charge is -2.10. The van der Waals surface area contributed by atoms with Gasteiger partial charge in [0.1, 0.15) is 0 Å². The molecule has 0 aliphatic rings. The zero-order valence-corrected chi connectivity index (χ0v) is 15.3. The molecule has 1 aromatic heterocycles. The molecular formula is C17H18N2O3S2. The molecule has 3 rings (SSSR count). The highest BCUT2D eigenvalue weighted by molar-refractivity contribution is 7.92. The molecule has 126 valence electrons. The number of anilines is 1. The summed E-state index contributed by atoms with van der Waals surface area (Å²) in [6.07, 6.45) is 0. The van der Waals surface area contributed by atoms with Gasteiger partial charge in [0.05, 0.1) is 20.8 Å². The summed E-state index contributed by atoms with van der Waals surface area (Å²) < 4.78 is 30.1. The Labute approximate surface area is 144 Å². The highest BCUT2D eigenvalue weighted by Gasteiger charge is 2.16. The van der Waals surface area contributed by atoms with Gasteiger partial charge in [0, 0.05) is 6.54 Å². The van der Waals surface area contributed by atoms with Gasteiger partial charge in [-0.05, 0) is 62.2 Å². The second kappa shape index (κ2) is 6.07. The second-order valence-electron chi connectivity index (χ2n) is 5.65. The van der Waals surface area contributed by atoms with E-state index in [0.717, 1.165) is 32.7 Å². The number of aromatic nitrogens is 1. The number of nitrogens with zero attached hydrogens (tertiary/aromatic N) is 1. The average Bonchev–Trinajstić information content (AvgIpc) is 2.83. The molecule has 0 amide bonds. The van der Waals surface area contributed by atoms with Crippen LogP contribution in [0.5, 0.6) is 0 Å². The molecule has 0 aliphatic carbocycles. The number of thiazole rings is 1. The predicted molar refractivity (Wildman–Crippen MR) is 98.5 cm³/mol. The van der Waals surface area contributed by atoms with Gasteiger partial charge < -0.3 is 0 Å². The summed E-state index contributed by atoms with van der Waals surface area (Å²) in [5.74, 6) is 0. The van der Waals surface area contributed by atoms with Crippen molar-refractivity contribution in [2.45, 2.75) is 32.2 Å². The van der Waals surface area contributed by atoms with Crippen LogP contribution in [0.25, 0.3) is 10.2 Å². The molecule has 0 saturated carbocycles. The van der Waals surface area contributed by atoms with Gasteiger partial charge in [0.2, 0.25) is 0 Å². The molecule has 1 N–H and O–H groups in total. The number of benzene rings is 2. The van der Waals surface area contributed by atoms with Gasteiger partial charge in [0.25, 0.3) is 10.0 Å². The Morgan fingerprint density at radius 2 is 1.83 bits per heavy atom. The van der Waals surface area contributed by atoms with E-state index >= 15 is 0 Å². The van der Waals surface area contributed by atoms with Crippen molar-refractivity contribution in [3.63, 3.8) is 0 Å². The summed E-state index contributed by atoms with van der Waals surface area (Å²) in [6.45, 7) is 6.31. The van der Waals surface area contributed by atoms with Crippen molar-refractivity contribution in [1.82, 2.24) is 4.57 Å². The van der Waals surface area contributed by atoms with Crippen LogP contribution in [0.1, 0.15) is 18.1 Å². The maximum absolute atomic E-state index is 12.6. The van der Waals surface area contributed by atoms with Gasteiger partial charge in [-0.25, -0.2) is 8.42 Å². The minimum absolute atomic E-state index is 0.0401. The van der Waals surface area contributed by atoms with Crippen molar-refractivity contribution in [2.24, 2.45) is 0 Å². The zero-order valence-electron chi connectivity index (χ0n) is 13.7. The molecule has 0 radical (unpaired) electrons. The van der Waals surface area contributed by atoms with Crippen LogP contribution in [0.2, 0.25) is 0 Å². The Kier molecular flexibility index (Phi) is 4.23. The van der Waals surface area contributed by atoms with Gasteiger partial charge in [-0.15, -0.1) is 0 Å². The number of aryl methyl sites for hydroxylation is 3. The maximum Gasteiger partial charge on any atom is 0.308 e. The predicted octanol–water partition coefficient (Wildman–Crippen LogP) is 3.50. The van der Waals surface area contributed by atoms with Crippen molar-refractivity contribution < 1.29 is 8.42 Å². The molecule has 0 aliphatic heterocycles. The molecule has 0 unspecified atom stereocenters. The standard InChI is InChI=1S/C17H18N2O3S2/c1-4-19-15-8-6-13(10-16(15)23-17(19)20)18-24(21,22)14-7-5-11(2)12(3)9-14/h5-10,18H,4H2,1-3H3. The lowest BCUT2D eigenvalue weighted by atomic mass is 10.1. The number of hydrogen-bond acceptors (Lipinski definition) is 4. The Morgan fingerprint density at radius 3 is 2.50 bits per heavy atom. The highest BCUT2D eigenvalue weighted by Crippen LogP contribution is 2.24. The third-order valence-corrected chi connectivity index (χ3v) is 6.35. The van der Waals surface area contributed by atoms with Crippen LogP contribution >= 0.6 is 11.3 Å². The molecule has 1 heterocycles. The molecule has 3 aromatic rings. The molecule has 7 heteroatoms. The molecule has 5 nitrogen and oxygen atoms in total. The second-order valence-corrected chi connectivity index (χ2v) is 8.32. The van der Waals surface area contributed by atoms with E-state index in [4.69, 9.17) is 0 Å². The summed E-state index contributed by atoms with van der Waals surface area (Å²) in [5.41, 5.74) is 3.24. The highest BCUT2D eigenvalue weighted by atomic mass is 32.2. The lowest BCUT2D eigenvalue weighted by molar-refractivity contribution is 0.601. The minimum Gasteiger partial charge on any atom is -0.299 e. The van der Waals surface area contributed by atoms with Gasteiger partial charge in [0.15, 0.2) is 0 Å². The lowest BCUT2D eigenvalue weighted by Crippen LogP contribution is -2.13. The van der Waals surface area contributed by atoms with Crippen LogP contribution in [0.4, 0.5) is 5.69 Å². The fourth-order valence-corrected chi connectivity index (χ4v) is 4.65. The van der Waals surface area contributed by atoms with Gasteiger partial charge >= 0.3 is 4.87 Å². The zero-order chi connectivity index (χ0) is 17.5. The smallest absolute Gasteiger partial charge is 0.299 e. The number of nitrogens with one attached hydrogen (secondary N) is 1. The Balaban J connectivity index is 1.99. The molecule has 0 saturated heterocycles. The molecule has 0 bridgehead atoms. The summed E-state index contributed by atoms with van der Waals surface area (Å²) in [7, 11) is -3.66. The van der Waals surface area contributed by atoms with Crippen molar-refractivity contribution >= 4 is 37.3 Å². The monoisotopic (exact) mass is 362 g/mol. The van der Waals surface area contributed by atoms with Crippen molar-refractivity contribution in [1.29, 1.82) is 0 Å². The van der Waals surface area contributed by atoms with Gasteiger partial charge in [-0.3, -0.25) is 14.1 Å². The molecule has 2 aromatic carbocycles. The molecule has 0 fully saturated rings. The number of hydrogen-bond donors (Lipinski definition) is 1. The van der Waals surface area contributed by atoms with E-state index < -0.39 is 10.0 Å². The van der Waals surface area contributed by atoms with Crippen LogP contribution in [-0.2, 0) is 16.6 Å². The van der Waals surface area contributed by atoms with E-state index in [9.17, 15) is 13.2 Å². The third-order valence-electron chi connectivity index (χ3n) is 4.03. The molecule has 0 spiro atoms. The first-order chi connectivity index (χ1) is 11.3. The number of fused-ring (bicyclic) bond motifs is 1. The summed E-state index contributed by atoms with van der Waals surface area (Å²) >= 11 is 1.12. The number of sulfonamides is 1. The van der Waals surface area contributed by atoms with E-state index in [1.54, 1.807) is 41.0 Å². The van der Waals surface area contributed by atoms with E-state index in [1.165, 1.54) is 0 Å². The fraction of sp³-hybridized carbons (Fsp3) is 0.235. The Hall–Kier alpha value is -2.12. The van der Waals surface area contributed by atoms with E-state index in [0.29, 0.717) is 12.2 Å². The van der Waals surface area contributed by atoms with E-state index in [1.807, 2.05) is 20.8 Å². The van der Waals surface area contributed by atoms with Crippen molar-refractivity contribution in [3.8, 4) is 0 Å². The van der Waals surface area contributed by atoms with Crippen LogP contribution in [-0.4, -0.2) is 13.0 Å². The quantitative estimate of drug-likeness (QED) is 0.772.